The van der Waals surface area contributed by atoms with Crippen LogP contribution in [0.5, 0.6) is 5.75 Å². The lowest BCUT2D eigenvalue weighted by Crippen LogP contribution is -2.48. The smallest absolute Gasteiger partial charge is 0.255 e. The highest BCUT2D eigenvalue weighted by Gasteiger charge is 2.24. The number of hydrogen-bond acceptors (Lipinski definition) is 6. The summed E-state index contributed by atoms with van der Waals surface area (Å²) in [6, 6.07) is 10.6. The second kappa shape index (κ2) is 11.8. The van der Waals surface area contributed by atoms with Crippen LogP contribution in [0.3, 0.4) is 0 Å². The van der Waals surface area contributed by atoms with Gasteiger partial charge in [-0.15, -0.1) is 11.3 Å². The SMILES string of the molecule is COc1ccccc1C(=O)N[C@H](CCSC)C(=O)NC[C@@H](c1cccs1)N(C)C. The normalized spacial score (nSPS) is 13.0. The number of ether oxygens (including phenoxy) is 1. The van der Waals surface area contributed by atoms with Gasteiger partial charge in [0.15, 0.2) is 0 Å². The van der Waals surface area contributed by atoms with Crippen LogP contribution < -0.4 is 15.4 Å². The summed E-state index contributed by atoms with van der Waals surface area (Å²) in [7, 11) is 5.51. The fourth-order valence-electron chi connectivity index (χ4n) is 2.91. The molecule has 1 heterocycles. The summed E-state index contributed by atoms with van der Waals surface area (Å²) in [5.41, 5.74) is 0.418. The summed E-state index contributed by atoms with van der Waals surface area (Å²) in [6.07, 6.45) is 2.54. The highest BCUT2D eigenvalue weighted by Crippen LogP contribution is 2.22. The second-order valence-corrected chi connectivity index (χ2v) is 8.71. The van der Waals surface area contributed by atoms with Gasteiger partial charge in [-0.1, -0.05) is 18.2 Å². The Morgan fingerprint density at radius 1 is 1.21 bits per heavy atom. The molecule has 0 saturated heterocycles. The number of rotatable bonds is 11. The number of thioether (sulfide) groups is 1. The van der Waals surface area contributed by atoms with E-state index in [1.54, 1.807) is 47.4 Å². The number of amides is 2. The Morgan fingerprint density at radius 3 is 2.59 bits per heavy atom. The molecule has 29 heavy (non-hydrogen) atoms. The number of likely N-dealkylation sites (N-methyl/N-ethyl adjacent to an activating group) is 1. The Kier molecular flexibility index (Phi) is 9.50. The maximum absolute atomic E-state index is 12.9. The average molecular weight is 436 g/mol. The van der Waals surface area contributed by atoms with E-state index < -0.39 is 6.04 Å². The maximum Gasteiger partial charge on any atom is 0.255 e. The van der Waals surface area contributed by atoms with Crippen LogP contribution in [0.25, 0.3) is 0 Å². The van der Waals surface area contributed by atoms with E-state index in [1.165, 1.54) is 12.0 Å². The maximum atomic E-state index is 12.9. The topological polar surface area (TPSA) is 70.7 Å². The van der Waals surface area contributed by atoms with Crippen molar-refractivity contribution in [3.8, 4) is 5.75 Å². The van der Waals surface area contributed by atoms with Crippen molar-refractivity contribution in [1.29, 1.82) is 0 Å². The molecule has 1 aromatic carbocycles. The van der Waals surface area contributed by atoms with Crippen LogP contribution in [0.4, 0.5) is 0 Å². The molecule has 0 radical (unpaired) electrons. The molecule has 0 bridgehead atoms. The first-order valence-corrected chi connectivity index (χ1v) is 11.7. The third kappa shape index (κ3) is 6.76. The zero-order valence-corrected chi connectivity index (χ0v) is 18.9. The van der Waals surface area contributed by atoms with Crippen LogP contribution in [-0.4, -0.2) is 62.5 Å². The van der Waals surface area contributed by atoms with Crippen LogP contribution >= 0.6 is 23.1 Å². The Balaban J connectivity index is 2.06. The van der Waals surface area contributed by atoms with Crippen molar-refractivity contribution in [1.82, 2.24) is 15.5 Å². The van der Waals surface area contributed by atoms with Gasteiger partial charge in [0.05, 0.1) is 18.7 Å². The molecule has 0 fully saturated rings. The number of benzene rings is 1. The van der Waals surface area contributed by atoms with Gasteiger partial charge in [0.25, 0.3) is 5.91 Å². The lowest BCUT2D eigenvalue weighted by Gasteiger charge is -2.25. The molecule has 0 aliphatic heterocycles. The molecule has 2 N–H and O–H groups in total. The highest BCUT2D eigenvalue weighted by atomic mass is 32.2. The summed E-state index contributed by atoms with van der Waals surface area (Å²) >= 11 is 3.31. The number of methoxy groups -OCH3 is 1. The minimum atomic E-state index is -0.606. The summed E-state index contributed by atoms with van der Waals surface area (Å²) in [5.74, 6) is 0.767. The molecule has 0 unspecified atom stereocenters. The molecular weight excluding hydrogens is 406 g/mol. The zero-order valence-electron chi connectivity index (χ0n) is 17.3. The highest BCUT2D eigenvalue weighted by molar-refractivity contribution is 7.98. The number of thiophene rings is 1. The van der Waals surface area contributed by atoms with Gasteiger partial charge >= 0.3 is 0 Å². The van der Waals surface area contributed by atoms with Crippen molar-refractivity contribution in [3.63, 3.8) is 0 Å². The summed E-state index contributed by atoms with van der Waals surface area (Å²) < 4.78 is 5.27. The van der Waals surface area contributed by atoms with E-state index in [-0.39, 0.29) is 17.9 Å². The van der Waals surface area contributed by atoms with E-state index in [2.05, 4.69) is 21.6 Å². The largest absolute Gasteiger partial charge is 0.496 e. The number of hydrogen-bond donors (Lipinski definition) is 2. The quantitative estimate of drug-likeness (QED) is 0.568. The number of nitrogens with zero attached hydrogens (tertiary/aromatic N) is 1. The van der Waals surface area contributed by atoms with Crippen LogP contribution in [-0.2, 0) is 4.79 Å². The molecule has 2 aromatic rings. The zero-order chi connectivity index (χ0) is 21.2. The average Bonchev–Trinajstić information content (AvgIpc) is 3.25. The summed E-state index contributed by atoms with van der Waals surface area (Å²) in [6.45, 7) is 0.479. The van der Waals surface area contributed by atoms with Gasteiger partial charge in [-0.05, 0) is 56.1 Å². The first-order chi connectivity index (χ1) is 14.0. The van der Waals surface area contributed by atoms with E-state index in [1.807, 2.05) is 31.8 Å². The second-order valence-electron chi connectivity index (χ2n) is 6.75. The van der Waals surface area contributed by atoms with Crippen molar-refractivity contribution < 1.29 is 14.3 Å². The molecule has 0 saturated carbocycles. The molecule has 6 nitrogen and oxygen atoms in total. The van der Waals surface area contributed by atoms with Gasteiger partial charge in [-0.3, -0.25) is 9.59 Å². The molecule has 158 valence electrons. The van der Waals surface area contributed by atoms with E-state index in [0.29, 0.717) is 24.3 Å². The van der Waals surface area contributed by atoms with E-state index >= 15 is 0 Å². The molecule has 2 atom stereocenters. The van der Waals surface area contributed by atoms with Crippen molar-refractivity contribution in [3.05, 3.63) is 52.2 Å². The molecule has 0 aliphatic carbocycles. The van der Waals surface area contributed by atoms with Gasteiger partial charge in [-0.2, -0.15) is 11.8 Å². The standard InChI is InChI=1S/C21H29N3O3S2/c1-24(2)17(19-10-7-12-29-19)14-22-21(26)16(11-13-28-4)23-20(25)15-8-5-6-9-18(15)27-3/h5-10,12,16-17H,11,13-14H2,1-4H3,(H,22,26)(H,23,25)/t16-,17+/m1/s1. The number of carbonyl (C=O) groups excluding carboxylic acids is 2. The number of para-hydroxylation sites is 1. The molecule has 0 aliphatic rings. The monoisotopic (exact) mass is 435 g/mol. The van der Waals surface area contributed by atoms with Crippen molar-refractivity contribution >= 4 is 34.9 Å². The van der Waals surface area contributed by atoms with Crippen LogP contribution in [0.1, 0.15) is 27.7 Å². The molecule has 1 aromatic heterocycles. The fourth-order valence-corrected chi connectivity index (χ4v) is 4.31. The predicted octanol–water partition coefficient (Wildman–Crippen LogP) is 3.03. The van der Waals surface area contributed by atoms with Gasteiger partial charge in [0.2, 0.25) is 5.91 Å². The molecule has 0 spiro atoms. The van der Waals surface area contributed by atoms with Gasteiger partial charge in [0.1, 0.15) is 11.8 Å². The van der Waals surface area contributed by atoms with Crippen LogP contribution in [0, 0.1) is 0 Å². The Labute approximate surface area is 181 Å². The van der Waals surface area contributed by atoms with E-state index in [4.69, 9.17) is 4.74 Å². The fraction of sp³-hybridized carbons (Fsp3) is 0.429. The van der Waals surface area contributed by atoms with E-state index in [9.17, 15) is 9.59 Å². The van der Waals surface area contributed by atoms with Gasteiger partial charge in [0, 0.05) is 11.4 Å². The summed E-state index contributed by atoms with van der Waals surface area (Å²) in [5, 5.41) is 7.92. The lowest BCUT2D eigenvalue weighted by molar-refractivity contribution is -0.123. The molecule has 2 rings (SSSR count). The van der Waals surface area contributed by atoms with E-state index in [0.717, 1.165) is 5.75 Å². The van der Waals surface area contributed by atoms with Crippen molar-refractivity contribution in [2.75, 3.05) is 39.8 Å². The number of carbonyl (C=O) groups is 2. The molecular formula is C21H29N3O3S2. The first kappa shape index (κ1) is 23.3. The van der Waals surface area contributed by atoms with Crippen molar-refractivity contribution in [2.24, 2.45) is 0 Å². The van der Waals surface area contributed by atoms with Crippen molar-refractivity contribution in [2.45, 2.75) is 18.5 Å². The summed E-state index contributed by atoms with van der Waals surface area (Å²) in [4.78, 5) is 28.9. The minimum Gasteiger partial charge on any atom is -0.496 e. The minimum absolute atomic E-state index is 0.0880. The number of nitrogens with one attached hydrogen (secondary N) is 2. The molecule has 2 amide bonds. The Morgan fingerprint density at radius 2 is 1.97 bits per heavy atom. The lowest BCUT2D eigenvalue weighted by atomic mass is 10.1. The third-order valence-corrected chi connectivity index (χ3v) is 6.17. The van der Waals surface area contributed by atoms with Gasteiger partial charge in [-0.25, -0.2) is 0 Å². The molecule has 8 heteroatoms. The predicted molar refractivity (Wildman–Crippen MR) is 121 cm³/mol. The first-order valence-electron chi connectivity index (χ1n) is 9.38. The van der Waals surface area contributed by atoms with Gasteiger partial charge < -0.3 is 20.3 Å². The Hall–Kier alpha value is -2.03. The third-order valence-electron chi connectivity index (χ3n) is 4.55. The Bertz CT molecular complexity index is 781. The van der Waals surface area contributed by atoms with Crippen LogP contribution in [0.15, 0.2) is 41.8 Å². The van der Waals surface area contributed by atoms with Crippen LogP contribution in [0.2, 0.25) is 0 Å².